The van der Waals surface area contributed by atoms with Gasteiger partial charge in [-0.05, 0) is 43.7 Å². The highest BCUT2D eigenvalue weighted by Crippen LogP contribution is 2.57. The van der Waals surface area contributed by atoms with Crippen molar-refractivity contribution in [2.45, 2.75) is 30.8 Å². The fraction of sp³-hybridized carbons (Fsp3) is 0.364. The predicted molar refractivity (Wildman–Crippen MR) is 113 cm³/mol. The van der Waals surface area contributed by atoms with Crippen LogP contribution in [0.15, 0.2) is 47.6 Å². The Balaban J connectivity index is 1.92. The van der Waals surface area contributed by atoms with E-state index in [-0.39, 0.29) is 29.6 Å². The third-order valence-electron chi connectivity index (χ3n) is 5.53. The van der Waals surface area contributed by atoms with Crippen molar-refractivity contribution in [3.8, 4) is 5.75 Å². The summed E-state index contributed by atoms with van der Waals surface area (Å²) in [5.41, 5.74) is 6.38. The van der Waals surface area contributed by atoms with Gasteiger partial charge in [-0.15, -0.1) is 0 Å². The summed E-state index contributed by atoms with van der Waals surface area (Å²) in [7, 11) is 0. The topological polar surface area (TPSA) is 67.9 Å². The van der Waals surface area contributed by atoms with Crippen molar-refractivity contribution in [1.82, 2.24) is 5.01 Å². The molecule has 1 amide bonds. The maximum absolute atomic E-state index is 14.6. The maximum Gasteiger partial charge on any atom is 0.278 e. The van der Waals surface area contributed by atoms with Crippen LogP contribution < -0.4 is 10.5 Å². The summed E-state index contributed by atoms with van der Waals surface area (Å²) in [5.74, 6) is -1.96. The van der Waals surface area contributed by atoms with Gasteiger partial charge in [0.25, 0.3) is 5.91 Å². The minimum Gasteiger partial charge on any atom is -0.493 e. The monoisotopic (exact) mass is 449 g/mol. The van der Waals surface area contributed by atoms with E-state index in [4.69, 9.17) is 10.5 Å². The van der Waals surface area contributed by atoms with E-state index >= 15 is 0 Å². The van der Waals surface area contributed by atoms with Gasteiger partial charge in [0.15, 0.2) is 11.0 Å². The van der Waals surface area contributed by atoms with Crippen molar-refractivity contribution in [1.29, 1.82) is 0 Å². The number of carbonyl (C=O) groups excluding carboxylic acids is 1. The van der Waals surface area contributed by atoms with E-state index < -0.39 is 28.6 Å². The van der Waals surface area contributed by atoms with Gasteiger partial charge in [0.1, 0.15) is 22.4 Å². The molecule has 2 aromatic carbocycles. The number of para-hydroxylation sites is 1. The largest absolute Gasteiger partial charge is 0.493 e. The molecule has 0 radical (unpaired) electrons. The van der Waals surface area contributed by atoms with Crippen LogP contribution in [-0.2, 0) is 9.67 Å². The van der Waals surface area contributed by atoms with Gasteiger partial charge < -0.3 is 10.5 Å². The molecule has 164 valence electrons. The van der Waals surface area contributed by atoms with Crippen LogP contribution in [0.5, 0.6) is 5.75 Å². The van der Waals surface area contributed by atoms with Gasteiger partial charge >= 0.3 is 0 Å². The highest BCUT2D eigenvalue weighted by molar-refractivity contribution is 8.15. The summed E-state index contributed by atoms with van der Waals surface area (Å²) >= 11 is 1.11. The third-order valence-corrected chi connectivity index (χ3v) is 7.07. The van der Waals surface area contributed by atoms with E-state index in [0.29, 0.717) is 24.3 Å². The molecule has 0 saturated carbocycles. The number of amides is 1. The molecule has 4 rings (SSSR count). The second kappa shape index (κ2) is 8.55. The molecule has 3 atom stereocenters. The SMILES string of the molecule is CCC(F)C(=O)N1N=C(c2cc(F)ccc2F)S[C@]12c1ccccc1OC[C@@H]2CCN. The van der Waals surface area contributed by atoms with E-state index in [1.165, 1.54) is 0 Å². The summed E-state index contributed by atoms with van der Waals surface area (Å²) in [6, 6.07) is 10.2. The molecular weight excluding hydrogens is 427 g/mol. The van der Waals surface area contributed by atoms with Crippen molar-refractivity contribution in [2.75, 3.05) is 13.2 Å². The quantitative estimate of drug-likeness (QED) is 0.744. The Morgan fingerprint density at radius 1 is 1.35 bits per heavy atom. The predicted octanol–water partition coefficient (Wildman–Crippen LogP) is 4.16. The van der Waals surface area contributed by atoms with Crippen LogP contribution in [0.3, 0.4) is 0 Å². The van der Waals surface area contributed by atoms with Gasteiger partial charge in [0.2, 0.25) is 0 Å². The Kier molecular flexibility index (Phi) is 5.98. The average molecular weight is 449 g/mol. The number of halogens is 3. The molecule has 0 aromatic heterocycles. The van der Waals surface area contributed by atoms with Crippen molar-refractivity contribution in [3.63, 3.8) is 0 Å². The second-order valence-corrected chi connectivity index (χ2v) is 8.65. The minimum atomic E-state index is -1.79. The van der Waals surface area contributed by atoms with Crippen molar-refractivity contribution < 1.29 is 22.7 Å². The number of carbonyl (C=O) groups is 1. The zero-order valence-corrected chi connectivity index (χ0v) is 17.7. The summed E-state index contributed by atoms with van der Waals surface area (Å²) in [6.07, 6.45) is -1.36. The molecule has 2 aromatic rings. The lowest BCUT2D eigenvalue weighted by Crippen LogP contribution is -2.53. The van der Waals surface area contributed by atoms with E-state index in [0.717, 1.165) is 35.0 Å². The van der Waals surface area contributed by atoms with Gasteiger partial charge in [0.05, 0.1) is 6.61 Å². The van der Waals surface area contributed by atoms with Crippen LogP contribution in [0.2, 0.25) is 0 Å². The summed E-state index contributed by atoms with van der Waals surface area (Å²) in [5, 5.41) is 5.57. The van der Waals surface area contributed by atoms with E-state index in [1.807, 2.05) is 0 Å². The van der Waals surface area contributed by atoms with Crippen molar-refractivity contribution >= 4 is 22.7 Å². The first-order valence-electron chi connectivity index (χ1n) is 10.1. The molecule has 0 saturated heterocycles. The lowest BCUT2D eigenvalue weighted by molar-refractivity contribution is -0.142. The van der Waals surface area contributed by atoms with Crippen LogP contribution in [0.25, 0.3) is 0 Å². The smallest absolute Gasteiger partial charge is 0.278 e. The zero-order valence-electron chi connectivity index (χ0n) is 16.9. The molecule has 5 nitrogen and oxygen atoms in total. The Labute approximate surface area is 182 Å². The Bertz CT molecular complexity index is 1030. The number of alkyl halides is 1. The number of fused-ring (bicyclic) bond motifs is 2. The van der Waals surface area contributed by atoms with Gasteiger partial charge in [-0.1, -0.05) is 36.9 Å². The fourth-order valence-electron chi connectivity index (χ4n) is 3.98. The van der Waals surface area contributed by atoms with E-state index in [2.05, 4.69) is 5.10 Å². The molecule has 1 unspecified atom stereocenters. The molecule has 2 heterocycles. The van der Waals surface area contributed by atoms with Crippen molar-refractivity contribution in [3.05, 3.63) is 65.2 Å². The molecule has 0 aliphatic carbocycles. The molecule has 2 aliphatic heterocycles. The number of hydrogen-bond acceptors (Lipinski definition) is 5. The number of benzene rings is 2. The zero-order chi connectivity index (χ0) is 22.2. The molecule has 2 N–H and O–H groups in total. The number of nitrogens with zero attached hydrogens (tertiary/aromatic N) is 2. The van der Waals surface area contributed by atoms with Crippen LogP contribution in [-0.4, -0.2) is 35.3 Å². The standard InChI is InChI=1S/C22H22F3N3O2S/c1-2-17(24)21(29)28-22(31-20(27-28)15-11-14(23)7-8-18(15)25)13(9-10-26)12-30-19-6-4-3-5-16(19)22/h3-8,11,13,17H,2,9-10,12,26H2,1H3/t13-,17?,22+/m0/s1. The Morgan fingerprint density at radius 2 is 2.13 bits per heavy atom. The van der Waals surface area contributed by atoms with Gasteiger partial charge in [0, 0.05) is 17.0 Å². The Hall–Kier alpha value is -2.52. The number of hydrogen-bond donors (Lipinski definition) is 1. The number of ether oxygens (including phenoxy) is 1. The summed E-state index contributed by atoms with van der Waals surface area (Å²) in [4.78, 5) is 11.9. The van der Waals surface area contributed by atoms with Crippen LogP contribution in [0, 0.1) is 17.6 Å². The molecule has 0 fully saturated rings. The lowest BCUT2D eigenvalue weighted by atomic mass is 9.86. The molecule has 9 heteroatoms. The number of hydrazone groups is 1. The van der Waals surface area contributed by atoms with Crippen molar-refractivity contribution in [2.24, 2.45) is 16.8 Å². The number of nitrogens with two attached hydrogens (primary N) is 1. The van der Waals surface area contributed by atoms with Crippen LogP contribution >= 0.6 is 11.8 Å². The van der Waals surface area contributed by atoms with Gasteiger partial charge in [-0.2, -0.15) is 5.10 Å². The lowest BCUT2D eigenvalue weighted by Gasteiger charge is -2.45. The first-order valence-corrected chi connectivity index (χ1v) is 10.9. The third kappa shape index (κ3) is 3.59. The van der Waals surface area contributed by atoms with E-state index in [1.54, 1.807) is 31.2 Å². The van der Waals surface area contributed by atoms with Gasteiger partial charge in [-0.3, -0.25) is 4.79 Å². The average Bonchev–Trinajstić information content (AvgIpc) is 3.17. The second-order valence-electron chi connectivity index (χ2n) is 7.44. The molecule has 0 bridgehead atoms. The van der Waals surface area contributed by atoms with Gasteiger partial charge in [-0.25, -0.2) is 18.2 Å². The first-order chi connectivity index (χ1) is 14.9. The highest BCUT2D eigenvalue weighted by Gasteiger charge is 2.57. The fourth-order valence-corrected chi connectivity index (χ4v) is 5.52. The van der Waals surface area contributed by atoms with E-state index in [9.17, 15) is 18.0 Å². The Morgan fingerprint density at radius 3 is 2.87 bits per heavy atom. The highest BCUT2D eigenvalue weighted by atomic mass is 32.2. The number of thioether (sulfide) groups is 1. The van der Waals surface area contributed by atoms with Crippen LogP contribution in [0.4, 0.5) is 13.2 Å². The molecular formula is C22H22F3N3O2S. The molecule has 2 aliphatic rings. The first kappa shape index (κ1) is 21.7. The normalized spacial score (nSPS) is 23.3. The molecule has 1 spiro atoms. The minimum absolute atomic E-state index is 0.0328. The van der Waals surface area contributed by atoms with Crippen LogP contribution in [0.1, 0.15) is 30.9 Å². The number of rotatable bonds is 5. The summed E-state index contributed by atoms with van der Waals surface area (Å²) < 4.78 is 49.0. The summed E-state index contributed by atoms with van der Waals surface area (Å²) in [6.45, 7) is 2.09. The molecule has 31 heavy (non-hydrogen) atoms. The maximum atomic E-state index is 14.6.